The number of aromatic nitrogens is 2. The maximum absolute atomic E-state index is 13.3. The van der Waals surface area contributed by atoms with Crippen molar-refractivity contribution in [3.63, 3.8) is 0 Å². The number of ether oxygens (including phenoxy) is 2. The van der Waals surface area contributed by atoms with Crippen LogP contribution in [0.5, 0.6) is 11.5 Å². The van der Waals surface area contributed by atoms with E-state index in [0.29, 0.717) is 29.9 Å². The van der Waals surface area contributed by atoms with Crippen LogP contribution in [0.25, 0.3) is 6.08 Å². The molecule has 0 atom stereocenters. The van der Waals surface area contributed by atoms with Gasteiger partial charge in [-0.3, -0.25) is 0 Å². The molecule has 1 aromatic heterocycles. The van der Waals surface area contributed by atoms with Gasteiger partial charge in [0.2, 0.25) is 5.13 Å². The van der Waals surface area contributed by atoms with Crippen LogP contribution in [0.3, 0.4) is 0 Å². The summed E-state index contributed by atoms with van der Waals surface area (Å²) in [7, 11) is 0. The molecule has 0 amide bonds. The molecular weight excluding hydrogens is 451 g/mol. The second-order valence-electron chi connectivity index (χ2n) is 6.86. The topological polar surface area (TPSA) is 68.3 Å². The average Bonchev–Trinajstić information content (AvgIpc) is 3.19. The molecule has 170 valence electrons. The fourth-order valence-corrected chi connectivity index (χ4v) is 3.69. The SMILES string of the molecule is CCOc1ccc(CCN/C(C)=C/c2nsc(Nc3ccc(F)c(Cl)c3)n2)cc1OCC. The van der Waals surface area contributed by atoms with E-state index in [9.17, 15) is 4.39 Å². The molecule has 2 aromatic carbocycles. The third-order valence-corrected chi connectivity index (χ3v) is 5.32. The van der Waals surface area contributed by atoms with Gasteiger partial charge in [-0.15, -0.1) is 0 Å². The quantitative estimate of drug-likeness (QED) is 0.350. The Bertz CT molecular complexity index is 1070. The van der Waals surface area contributed by atoms with Crippen LogP contribution in [0.4, 0.5) is 15.2 Å². The van der Waals surface area contributed by atoms with Crippen LogP contribution >= 0.6 is 23.1 Å². The van der Waals surface area contributed by atoms with Gasteiger partial charge in [-0.2, -0.15) is 9.36 Å². The molecule has 3 rings (SSSR count). The molecule has 2 N–H and O–H groups in total. The smallest absolute Gasteiger partial charge is 0.207 e. The second kappa shape index (κ2) is 11.7. The standard InChI is InChI=1S/C23H26ClFN4O2S/c1-4-30-20-9-6-16(13-21(20)31-5-2)10-11-26-15(3)12-22-28-23(32-29-22)27-17-7-8-19(25)18(24)14-17/h6-9,12-14,26H,4-5,10-11H2,1-3H3,(H,27,28,29)/b15-12+. The molecule has 0 fully saturated rings. The van der Waals surface area contributed by atoms with E-state index in [1.807, 2.05) is 39.0 Å². The first-order valence-corrected chi connectivity index (χ1v) is 11.5. The minimum atomic E-state index is -0.459. The molecule has 0 saturated carbocycles. The molecule has 32 heavy (non-hydrogen) atoms. The summed E-state index contributed by atoms with van der Waals surface area (Å²) in [4.78, 5) is 4.44. The Morgan fingerprint density at radius 3 is 2.66 bits per heavy atom. The zero-order valence-corrected chi connectivity index (χ0v) is 19.8. The number of allylic oxidation sites excluding steroid dienone is 1. The molecule has 0 saturated heterocycles. The van der Waals surface area contributed by atoms with Gasteiger partial charge in [0, 0.05) is 35.5 Å². The van der Waals surface area contributed by atoms with E-state index in [4.69, 9.17) is 21.1 Å². The summed E-state index contributed by atoms with van der Waals surface area (Å²) in [6.07, 6.45) is 2.71. The first-order valence-electron chi connectivity index (χ1n) is 10.3. The molecule has 0 radical (unpaired) electrons. The molecule has 0 aliphatic rings. The minimum absolute atomic E-state index is 0.0561. The minimum Gasteiger partial charge on any atom is -0.490 e. The number of nitrogens with zero attached hydrogens (tertiary/aromatic N) is 2. The van der Waals surface area contributed by atoms with Gasteiger partial charge in [0.1, 0.15) is 5.82 Å². The molecule has 3 aromatic rings. The molecule has 0 bridgehead atoms. The number of hydrogen-bond acceptors (Lipinski definition) is 7. The van der Waals surface area contributed by atoms with E-state index in [-0.39, 0.29) is 5.02 Å². The molecular formula is C23H26ClFN4O2S. The lowest BCUT2D eigenvalue weighted by atomic mass is 10.1. The van der Waals surface area contributed by atoms with Gasteiger partial charge < -0.3 is 20.1 Å². The van der Waals surface area contributed by atoms with Crippen molar-refractivity contribution in [2.75, 3.05) is 25.1 Å². The zero-order chi connectivity index (χ0) is 22.9. The Morgan fingerprint density at radius 1 is 1.12 bits per heavy atom. The van der Waals surface area contributed by atoms with Crippen LogP contribution in [0, 0.1) is 5.82 Å². The average molecular weight is 477 g/mol. The Kier molecular flexibility index (Phi) is 8.70. The third-order valence-electron chi connectivity index (χ3n) is 4.38. The van der Waals surface area contributed by atoms with Gasteiger partial charge in [-0.1, -0.05) is 17.7 Å². The number of rotatable bonds is 11. The van der Waals surface area contributed by atoms with Crippen molar-refractivity contribution in [3.8, 4) is 11.5 Å². The summed E-state index contributed by atoms with van der Waals surface area (Å²) in [5.41, 5.74) is 2.77. The molecule has 1 heterocycles. The normalized spacial score (nSPS) is 11.3. The number of hydrogen-bond donors (Lipinski definition) is 2. The van der Waals surface area contributed by atoms with Crippen LogP contribution in [-0.2, 0) is 6.42 Å². The molecule has 0 spiro atoms. The predicted octanol–water partition coefficient (Wildman–Crippen LogP) is 6.06. The largest absolute Gasteiger partial charge is 0.490 e. The predicted molar refractivity (Wildman–Crippen MR) is 129 cm³/mol. The Morgan fingerprint density at radius 2 is 1.91 bits per heavy atom. The summed E-state index contributed by atoms with van der Waals surface area (Å²) < 4.78 is 28.9. The maximum Gasteiger partial charge on any atom is 0.207 e. The van der Waals surface area contributed by atoms with E-state index < -0.39 is 5.82 Å². The second-order valence-corrected chi connectivity index (χ2v) is 8.02. The van der Waals surface area contributed by atoms with Crippen LogP contribution in [0.15, 0.2) is 42.1 Å². The van der Waals surface area contributed by atoms with Crippen molar-refractivity contribution >= 4 is 40.0 Å². The molecule has 0 unspecified atom stereocenters. The van der Waals surface area contributed by atoms with E-state index in [2.05, 4.69) is 26.1 Å². The summed E-state index contributed by atoms with van der Waals surface area (Å²) >= 11 is 7.04. The molecule has 0 aliphatic carbocycles. The highest BCUT2D eigenvalue weighted by Gasteiger charge is 2.07. The number of nitrogens with one attached hydrogen (secondary N) is 2. The lowest BCUT2D eigenvalue weighted by molar-refractivity contribution is 0.287. The highest BCUT2D eigenvalue weighted by Crippen LogP contribution is 2.28. The summed E-state index contributed by atoms with van der Waals surface area (Å²) in [6, 6.07) is 10.4. The van der Waals surface area contributed by atoms with E-state index in [1.165, 1.54) is 23.7 Å². The lowest BCUT2D eigenvalue weighted by Crippen LogP contribution is -2.15. The van der Waals surface area contributed by atoms with E-state index >= 15 is 0 Å². The molecule has 0 aliphatic heterocycles. The van der Waals surface area contributed by atoms with Crippen LogP contribution < -0.4 is 20.1 Å². The van der Waals surface area contributed by atoms with Crippen molar-refractivity contribution in [2.24, 2.45) is 0 Å². The van der Waals surface area contributed by atoms with Crippen molar-refractivity contribution in [1.82, 2.24) is 14.7 Å². The molecule has 6 nitrogen and oxygen atoms in total. The Labute approximate surface area is 196 Å². The monoisotopic (exact) mass is 476 g/mol. The summed E-state index contributed by atoms with van der Waals surface area (Å²) in [5, 5.41) is 7.12. The third kappa shape index (κ3) is 6.83. The Hall–Kier alpha value is -2.84. The fourth-order valence-electron chi connectivity index (χ4n) is 2.94. The van der Waals surface area contributed by atoms with Crippen molar-refractivity contribution < 1.29 is 13.9 Å². The van der Waals surface area contributed by atoms with Gasteiger partial charge >= 0.3 is 0 Å². The van der Waals surface area contributed by atoms with Crippen LogP contribution in [0.1, 0.15) is 32.2 Å². The summed E-state index contributed by atoms with van der Waals surface area (Å²) in [6.45, 7) is 7.83. The lowest BCUT2D eigenvalue weighted by Gasteiger charge is -2.13. The summed E-state index contributed by atoms with van der Waals surface area (Å²) in [5.74, 6) is 1.67. The zero-order valence-electron chi connectivity index (χ0n) is 18.2. The van der Waals surface area contributed by atoms with Gasteiger partial charge in [0.25, 0.3) is 0 Å². The van der Waals surface area contributed by atoms with E-state index in [0.717, 1.165) is 35.7 Å². The van der Waals surface area contributed by atoms with Gasteiger partial charge in [0.05, 0.1) is 18.2 Å². The van der Waals surface area contributed by atoms with Gasteiger partial charge in [-0.05, 0) is 63.1 Å². The number of benzene rings is 2. The van der Waals surface area contributed by atoms with Gasteiger partial charge in [-0.25, -0.2) is 4.39 Å². The number of anilines is 2. The first-order chi connectivity index (χ1) is 15.5. The highest BCUT2D eigenvalue weighted by atomic mass is 35.5. The van der Waals surface area contributed by atoms with Gasteiger partial charge in [0.15, 0.2) is 17.3 Å². The van der Waals surface area contributed by atoms with Crippen LogP contribution in [-0.4, -0.2) is 29.1 Å². The molecule has 9 heteroatoms. The first kappa shape index (κ1) is 23.8. The highest BCUT2D eigenvalue weighted by molar-refractivity contribution is 7.09. The van der Waals surface area contributed by atoms with Crippen molar-refractivity contribution in [2.45, 2.75) is 27.2 Å². The fraction of sp³-hybridized carbons (Fsp3) is 0.304. The maximum atomic E-state index is 13.3. The van der Waals surface area contributed by atoms with Crippen molar-refractivity contribution in [3.05, 3.63) is 64.3 Å². The Balaban J connectivity index is 1.54. The van der Waals surface area contributed by atoms with Crippen LogP contribution in [0.2, 0.25) is 5.02 Å². The van der Waals surface area contributed by atoms with Crippen molar-refractivity contribution in [1.29, 1.82) is 0 Å². The number of halogens is 2. The van der Waals surface area contributed by atoms with E-state index in [1.54, 1.807) is 6.07 Å².